The number of benzene rings is 7. The Balaban J connectivity index is 1.31. The quantitative estimate of drug-likeness (QED) is 0.198. The van der Waals surface area contributed by atoms with Crippen molar-refractivity contribution in [2.75, 3.05) is 0 Å². The van der Waals surface area contributed by atoms with Crippen LogP contribution in [0.15, 0.2) is 164 Å². The molecule has 8 rings (SSSR count). The Morgan fingerprint density at radius 1 is 0.362 bits per heavy atom. The van der Waals surface area contributed by atoms with E-state index in [0.717, 1.165) is 72.0 Å². The summed E-state index contributed by atoms with van der Waals surface area (Å²) in [4.78, 5) is 0. The highest BCUT2D eigenvalue weighted by Gasteiger charge is 2.16. The molecule has 1 aromatic heterocycles. The van der Waals surface area contributed by atoms with Crippen LogP contribution in [0, 0.1) is 22.7 Å². The van der Waals surface area contributed by atoms with Crippen LogP contribution in [-0.2, 0) is 0 Å². The largest absolute Gasteiger partial charge is 0.309 e. The highest BCUT2D eigenvalue weighted by Crippen LogP contribution is 2.38. The summed E-state index contributed by atoms with van der Waals surface area (Å²) < 4.78 is 2.33. The minimum atomic E-state index is 0.666. The third kappa shape index (κ3) is 4.94. The first kappa shape index (κ1) is 27.8. The van der Waals surface area contributed by atoms with Crippen LogP contribution in [0.2, 0.25) is 0 Å². The van der Waals surface area contributed by atoms with Gasteiger partial charge in [0.25, 0.3) is 0 Å². The second-order valence-corrected chi connectivity index (χ2v) is 11.6. The number of aromatic nitrogens is 1. The van der Waals surface area contributed by atoms with E-state index in [1.165, 1.54) is 0 Å². The maximum Gasteiger partial charge on any atom is 0.0998 e. The van der Waals surface area contributed by atoms with E-state index in [9.17, 15) is 10.5 Å². The molecule has 218 valence electrons. The highest BCUT2D eigenvalue weighted by atomic mass is 15.0. The molecule has 1 heterocycles. The highest BCUT2D eigenvalue weighted by molar-refractivity contribution is 6.11. The third-order valence-electron chi connectivity index (χ3n) is 8.89. The molecule has 47 heavy (non-hydrogen) atoms. The summed E-state index contributed by atoms with van der Waals surface area (Å²) in [7, 11) is 0. The zero-order valence-corrected chi connectivity index (χ0v) is 25.4. The lowest BCUT2D eigenvalue weighted by Gasteiger charge is -2.10. The van der Waals surface area contributed by atoms with Crippen LogP contribution < -0.4 is 0 Å². The normalized spacial score (nSPS) is 10.9. The summed E-state index contributed by atoms with van der Waals surface area (Å²) in [6.07, 6.45) is 0. The summed E-state index contributed by atoms with van der Waals surface area (Å²) in [5, 5.41) is 21.8. The first-order chi connectivity index (χ1) is 23.2. The average molecular weight is 598 g/mol. The summed E-state index contributed by atoms with van der Waals surface area (Å²) in [6.45, 7) is 0. The fraction of sp³-hybridized carbons (Fsp3) is 0. The Bertz CT molecular complexity index is 2380. The predicted molar refractivity (Wildman–Crippen MR) is 192 cm³/mol. The van der Waals surface area contributed by atoms with E-state index < -0.39 is 0 Å². The number of rotatable bonds is 5. The molecule has 0 saturated heterocycles. The molecule has 3 heteroatoms. The predicted octanol–water partition coefficient (Wildman–Crippen LogP) is 11.2. The summed E-state index contributed by atoms with van der Waals surface area (Å²) in [6, 6.07) is 60.9. The lowest BCUT2D eigenvalue weighted by atomic mass is 9.95. The maximum atomic E-state index is 9.72. The van der Waals surface area contributed by atoms with Crippen molar-refractivity contribution in [2.24, 2.45) is 0 Å². The molecule has 0 amide bonds. The van der Waals surface area contributed by atoms with E-state index in [-0.39, 0.29) is 0 Å². The van der Waals surface area contributed by atoms with E-state index in [0.29, 0.717) is 11.1 Å². The van der Waals surface area contributed by atoms with Gasteiger partial charge in [-0.15, -0.1) is 0 Å². The lowest BCUT2D eigenvalue weighted by molar-refractivity contribution is 1.18. The van der Waals surface area contributed by atoms with Gasteiger partial charge >= 0.3 is 0 Å². The first-order valence-electron chi connectivity index (χ1n) is 15.6. The molecule has 0 bridgehead atoms. The smallest absolute Gasteiger partial charge is 0.0998 e. The van der Waals surface area contributed by atoms with Crippen molar-refractivity contribution in [1.82, 2.24) is 4.57 Å². The van der Waals surface area contributed by atoms with Crippen LogP contribution in [0.4, 0.5) is 0 Å². The van der Waals surface area contributed by atoms with Crippen molar-refractivity contribution in [3.8, 4) is 62.3 Å². The Morgan fingerprint density at radius 3 is 1.28 bits per heavy atom. The number of fused-ring (bicyclic) bond motifs is 3. The lowest BCUT2D eigenvalue weighted by Crippen LogP contribution is -1.93. The molecule has 8 aromatic rings. The molecular weight excluding hydrogens is 571 g/mol. The van der Waals surface area contributed by atoms with Crippen molar-refractivity contribution in [3.05, 3.63) is 175 Å². The van der Waals surface area contributed by atoms with E-state index in [1.54, 1.807) is 0 Å². The molecule has 0 aliphatic carbocycles. The zero-order valence-electron chi connectivity index (χ0n) is 25.4. The van der Waals surface area contributed by atoms with Crippen molar-refractivity contribution < 1.29 is 0 Å². The van der Waals surface area contributed by atoms with Crippen molar-refractivity contribution in [2.45, 2.75) is 0 Å². The molecule has 0 fully saturated rings. The molecule has 0 aliphatic rings. The van der Waals surface area contributed by atoms with Crippen molar-refractivity contribution in [3.63, 3.8) is 0 Å². The molecule has 0 aliphatic heterocycles. The van der Waals surface area contributed by atoms with Gasteiger partial charge in [-0.1, -0.05) is 103 Å². The standard InChI is InChI=1S/C44H27N3/c45-28-36-10-4-6-18-39(36)34-14-8-12-30(24-34)32-20-22-43-41(26-32)42-27-33(21-23-44(42)47(43)38-16-2-1-3-17-38)31-13-9-15-35(25-31)40-19-7-5-11-37(40)29-46/h1-27H. The molecule has 0 saturated carbocycles. The van der Waals surface area contributed by atoms with Gasteiger partial charge < -0.3 is 4.57 Å². The van der Waals surface area contributed by atoms with Gasteiger partial charge in [0, 0.05) is 16.5 Å². The summed E-state index contributed by atoms with van der Waals surface area (Å²) in [5.74, 6) is 0. The molecule has 0 spiro atoms. The fourth-order valence-electron chi connectivity index (χ4n) is 6.63. The molecule has 7 aromatic carbocycles. The topological polar surface area (TPSA) is 52.5 Å². The number of hydrogen-bond acceptors (Lipinski definition) is 2. The van der Waals surface area contributed by atoms with E-state index >= 15 is 0 Å². The van der Waals surface area contributed by atoms with Gasteiger partial charge in [-0.2, -0.15) is 10.5 Å². The van der Waals surface area contributed by atoms with Crippen LogP contribution in [0.3, 0.4) is 0 Å². The van der Waals surface area contributed by atoms with Crippen LogP contribution in [0.5, 0.6) is 0 Å². The molecular formula is C44H27N3. The minimum absolute atomic E-state index is 0.666. The van der Waals surface area contributed by atoms with Crippen molar-refractivity contribution >= 4 is 21.8 Å². The molecule has 0 unspecified atom stereocenters. The summed E-state index contributed by atoms with van der Waals surface area (Å²) >= 11 is 0. The minimum Gasteiger partial charge on any atom is -0.309 e. The SMILES string of the molecule is N#Cc1ccccc1-c1cccc(-c2ccc3c(c2)c2cc(-c4cccc(-c5ccccc5C#N)c4)ccc2n3-c2ccccc2)c1. The van der Waals surface area contributed by atoms with Gasteiger partial charge in [0.15, 0.2) is 0 Å². The Kier molecular flexibility index (Phi) is 6.92. The number of nitrogens with zero attached hydrogens (tertiary/aromatic N) is 3. The second-order valence-electron chi connectivity index (χ2n) is 11.6. The summed E-state index contributed by atoms with van der Waals surface area (Å²) in [5.41, 5.74) is 13.0. The number of hydrogen-bond donors (Lipinski definition) is 0. The monoisotopic (exact) mass is 597 g/mol. The Labute approximate surface area is 273 Å². The molecule has 0 atom stereocenters. The molecule has 3 nitrogen and oxygen atoms in total. The van der Waals surface area contributed by atoms with Gasteiger partial charge in [0.05, 0.1) is 34.3 Å². The number of nitriles is 2. The van der Waals surface area contributed by atoms with Crippen molar-refractivity contribution in [1.29, 1.82) is 10.5 Å². The van der Waals surface area contributed by atoms with Crippen LogP contribution in [-0.4, -0.2) is 4.57 Å². The van der Waals surface area contributed by atoms with Gasteiger partial charge in [-0.05, 0) is 105 Å². The van der Waals surface area contributed by atoms with Crippen LogP contribution in [0.1, 0.15) is 11.1 Å². The third-order valence-corrected chi connectivity index (χ3v) is 8.89. The van der Waals surface area contributed by atoms with Gasteiger partial charge in [0.1, 0.15) is 0 Å². The zero-order chi connectivity index (χ0) is 31.7. The number of para-hydroxylation sites is 1. The molecule has 0 N–H and O–H groups in total. The van der Waals surface area contributed by atoms with Crippen LogP contribution in [0.25, 0.3) is 72.0 Å². The van der Waals surface area contributed by atoms with Gasteiger partial charge in [0.2, 0.25) is 0 Å². The van der Waals surface area contributed by atoms with E-state index in [4.69, 9.17) is 0 Å². The first-order valence-corrected chi connectivity index (χ1v) is 15.6. The maximum absolute atomic E-state index is 9.72. The van der Waals surface area contributed by atoms with Gasteiger partial charge in [-0.3, -0.25) is 0 Å². The second kappa shape index (κ2) is 11.7. The Hall–Kier alpha value is -6.68. The van der Waals surface area contributed by atoms with E-state index in [2.05, 4.69) is 126 Å². The average Bonchev–Trinajstić information content (AvgIpc) is 3.48. The fourth-order valence-corrected chi connectivity index (χ4v) is 6.63. The Morgan fingerprint density at radius 2 is 0.787 bits per heavy atom. The molecule has 0 radical (unpaired) electrons. The van der Waals surface area contributed by atoms with E-state index in [1.807, 2.05) is 54.6 Å². The van der Waals surface area contributed by atoms with Gasteiger partial charge in [-0.25, -0.2) is 0 Å². The van der Waals surface area contributed by atoms with Crippen LogP contribution >= 0.6 is 0 Å².